The number of halogens is 1. The lowest BCUT2D eigenvalue weighted by Crippen LogP contribution is -2.38. The number of anilines is 1. The van der Waals surface area contributed by atoms with Crippen LogP contribution in [0.15, 0.2) is 11.1 Å². The SMILES string of the molecule is COCC1CCCN(c2nc[nH]c(=O)c2Cl)C1. The molecule has 1 fully saturated rings. The van der Waals surface area contributed by atoms with Gasteiger partial charge in [0.1, 0.15) is 5.02 Å². The van der Waals surface area contributed by atoms with Crippen molar-refractivity contribution < 1.29 is 4.74 Å². The van der Waals surface area contributed by atoms with Crippen LogP contribution in [-0.4, -0.2) is 36.8 Å². The summed E-state index contributed by atoms with van der Waals surface area (Å²) in [5.41, 5.74) is -0.287. The molecule has 6 heteroatoms. The molecule has 2 heterocycles. The van der Waals surface area contributed by atoms with Crippen molar-refractivity contribution >= 4 is 17.4 Å². The molecule has 0 spiro atoms. The number of nitrogens with zero attached hydrogens (tertiary/aromatic N) is 2. The lowest BCUT2D eigenvalue weighted by Gasteiger charge is -2.33. The molecule has 1 saturated heterocycles. The van der Waals surface area contributed by atoms with Gasteiger partial charge in [-0.15, -0.1) is 0 Å². The summed E-state index contributed by atoms with van der Waals surface area (Å²) in [6.45, 7) is 2.46. The molecule has 17 heavy (non-hydrogen) atoms. The molecule has 0 amide bonds. The summed E-state index contributed by atoms with van der Waals surface area (Å²) in [5.74, 6) is 1.06. The van der Waals surface area contributed by atoms with Gasteiger partial charge in [0.25, 0.3) is 5.56 Å². The van der Waals surface area contributed by atoms with Gasteiger partial charge in [0.2, 0.25) is 0 Å². The van der Waals surface area contributed by atoms with Crippen molar-refractivity contribution in [1.82, 2.24) is 9.97 Å². The van der Waals surface area contributed by atoms with Crippen LogP contribution in [0, 0.1) is 5.92 Å². The number of piperidine rings is 1. The Bertz CT molecular complexity index is 433. The number of aromatic nitrogens is 2. The Labute approximate surface area is 105 Å². The third-order valence-corrected chi connectivity index (χ3v) is 3.34. The second kappa shape index (κ2) is 5.51. The summed E-state index contributed by atoms with van der Waals surface area (Å²) in [5, 5.41) is 0.172. The second-order valence-corrected chi connectivity index (χ2v) is 4.66. The topological polar surface area (TPSA) is 58.2 Å². The number of aromatic amines is 1. The van der Waals surface area contributed by atoms with E-state index < -0.39 is 0 Å². The van der Waals surface area contributed by atoms with Gasteiger partial charge in [0.15, 0.2) is 5.82 Å². The minimum absolute atomic E-state index is 0.172. The molecule has 1 N–H and O–H groups in total. The largest absolute Gasteiger partial charge is 0.384 e. The summed E-state index contributed by atoms with van der Waals surface area (Å²) in [4.78, 5) is 20.1. The minimum atomic E-state index is -0.287. The van der Waals surface area contributed by atoms with Crippen LogP contribution in [0.2, 0.25) is 5.02 Å². The third-order valence-electron chi connectivity index (χ3n) is 3.00. The quantitative estimate of drug-likeness (QED) is 0.886. The molecule has 1 aliphatic rings. The average molecular weight is 258 g/mol. The predicted octanol–water partition coefficient (Wildman–Crippen LogP) is 1.29. The number of ether oxygens (including phenoxy) is 1. The maximum absolute atomic E-state index is 11.4. The van der Waals surface area contributed by atoms with Gasteiger partial charge < -0.3 is 14.6 Å². The van der Waals surface area contributed by atoms with E-state index in [1.807, 2.05) is 0 Å². The monoisotopic (exact) mass is 257 g/mol. The summed E-state index contributed by atoms with van der Waals surface area (Å²) in [6.07, 6.45) is 3.60. The fraction of sp³-hybridized carbons (Fsp3) is 0.636. The van der Waals surface area contributed by atoms with Gasteiger partial charge >= 0.3 is 0 Å². The van der Waals surface area contributed by atoms with Crippen molar-refractivity contribution in [1.29, 1.82) is 0 Å². The van der Waals surface area contributed by atoms with Crippen LogP contribution >= 0.6 is 11.6 Å². The van der Waals surface area contributed by atoms with E-state index in [-0.39, 0.29) is 10.6 Å². The summed E-state index contributed by atoms with van der Waals surface area (Å²) >= 11 is 5.97. The summed E-state index contributed by atoms with van der Waals surface area (Å²) in [7, 11) is 1.71. The van der Waals surface area contributed by atoms with Gasteiger partial charge in [0, 0.05) is 20.2 Å². The van der Waals surface area contributed by atoms with Crippen LogP contribution in [-0.2, 0) is 4.74 Å². The first-order valence-electron chi connectivity index (χ1n) is 5.69. The Kier molecular flexibility index (Phi) is 4.02. The zero-order chi connectivity index (χ0) is 12.3. The first-order chi connectivity index (χ1) is 8.22. The van der Waals surface area contributed by atoms with Gasteiger partial charge in [-0.1, -0.05) is 11.6 Å². The number of hydrogen-bond donors (Lipinski definition) is 1. The minimum Gasteiger partial charge on any atom is -0.384 e. The number of rotatable bonds is 3. The highest BCUT2D eigenvalue weighted by molar-refractivity contribution is 6.32. The predicted molar refractivity (Wildman–Crippen MR) is 66.7 cm³/mol. The van der Waals surface area contributed by atoms with Crippen molar-refractivity contribution in [3.05, 3.63) is 21.7 Å². The lowest BCUT2D eigenvalue weighted by atomic mass is 9.99. The Morgan fingerprint density at radius 2 is 2.53 bits per heavy atom. The number of H-pyrrole nitrogens is 1. The normalized spacial score (nSPS) is 20.6. The van der Waals surface area contributed by atoms with E-state index in [0.29, 0.717) is 11.7 Å². The zero-order valence-corrected chi connectivity index (χ0v) is 10.5. The van der Waals surface area contributed by atoms with Crippen LogP contribution in [0.4, 0.5) is 5.82 Å². The van der Waals surface area contributed by atoms with Crippen LogP contribution in [0.25, 0.3) is 0 Å². The van der Waals surface area contributed by atoms with Crippen LogP contribution in [0.1, 0.15) is 12.8 Å². The van der Waals surface area contributed by atoms with E-state index in [0.717, 1.165) is 32.5 Å². The van der Waals surface area contributed by atoms with Gasteiger partial charge in [0.05, 0.1) is 12.9 Å². The fourth-order valence-electron chi connectivity index (χ4n) is 2.22. The molecule has 0 saturated carbocycles. The van der Waals surface area contributed by atoms with Crippen LogP contribution in [0.3, 0.4) is 0 Å². The van der Waals surface area contributed by atoms with Crippen molar-refractivity contribution in [2.75, 3.05) is 31.7 Å². The fourth-order valence-corrected chi connectivity index (χ4v) is 2.45. The lowest BCUT2D eigenvalue weighted by molar-refractivity contribution is 0.143. The summed E-state index contributed by atoms with van der Waals surface area (Å²) < 4.78 is 5.17. The maximum atomic E-state index is 11.4. The molecular formula is C11H16ClN3O2. The second-order valence-electron chi connectivity index (χ2n) is 4.28. The van der Waals surface area contributed by atoms with Gasteiger partial charge in [-0.05, 0) is 18.8 Å². The van der Waals surface area contributed by atoms with Crippen molar-refractivity contribution in [2.24, 2.45) is 5.92 Å². The van der Waals surface area contributed by atoms with Crippen molar-refractivity contribution in [3.8, 4) is 0 Å². The number of hydrogen-bond acceptors (Lipinski definition) is 4. The molecule has 5 nitrogen and oxygen atoms in total. The van der Waals surface area contributed by atoms with Crippen LogP contribution < -0.4 is 10.5 Å². The van der Waals surface area contributed by atoms with Gasteiger partial charge in [-0.2, -0.15) is 0 Å². The highest BCUT2D eigenvalue weighted by atomic mass is 35.5. The first-order valence-corrected chi connectivity index (χ1v) is 6.07. The van der Waals surface area contributed by atoms with Crippen LogP contribution in [0.5, 0.6) is 0 Å². The van der Waals surface area contributed by atoms with E-state index in [4.69, 9.17) is 16.3 Å². The average Bonchev–Trinajstić information content (AvgIpc) is 2.33. The smallest absolute Gasteiger partial charge is 0.271 e. The Morgan fingerprint density at radius 3 is 3.29 bits per heavy atom. The molecule has 0 aliphatic carbocycles. The molecular weight excluding hydrogens is 242 g/mol. The van der Waals surface area contributed by atoms with E-state index in [1.165, 1.54) is 6.33 Å². The standard InChI is InChI=1S/C11H16ClN3O2/c1-17-6-8-3-2-4-15(5-8)10-9(12)11(16)14-7-13-10/h7-8H,2-6H2,1H3,(H,13,14,16). The molecule has 0 aromatic carbocycles. The van der Waals surface area contributed by atoms with E-state index >= 15 is 0 Å². The number of nitrogens with one attached hydrogen (secondary N) is 1. The first kappa shape index (κ1) is 12.4. The number of methoxy groups -OCH3 is 1. The van der Waals surface area contributed by atoms with Gasteiger partial charge in [-0.25, -0.2) is 4.98 Å². The van der Waals surface area contributed by atoms with Crippen molar-refractivity contribution in [3.63, 3.8) is 0 Å². The molecule has 1 aromatic heterocycles. The Hall–Kier alpha value is -1.07. The van der Waals surface area contributed by atoms with Gasteiger partial charge in [-0.3, -0.25) is 4.79 Å². The highest BCUT2D eigenvalue weighted by Crippen LogP contribution is 2.25. The molecule has 1 aliphatic heterocycles. The third kappa shape index (κ3) is 2.79. The molecule has 94 valence electrons. The molecule has 1 unspecified atom stereocenters. The molecule has 2 rings (SSSR count). The highest BCUT2D eigenvalue weighted by Gasteiger charge is 2.23. The van der Waals surface area contributed by atoms with Crippen molar-refractivity contribution in [2.45, 2.75) is 12.8 Å². The Balaban J connectivity index is 2.16. The van der Waals surface area contributed by atoms with E-state index in [1.54, 1.807) is 7.11 Å². The zero-order valence-electron chi connectivity index (χ0n) is 9.78. The summed E-state index contributed by atoms with van der Waals surface area (Å²) in [6, 6.07) is 0. The molecule has 1 atom stereocenters. The van der Waals surface area contributed by atoms with E-state index in [9.17, 15) is 4.79 Å². The Morgan fingerprint density at radius 1 is 1.71 bits per heavy atom. The maximum Gasteiger partial charge on any atom is 0.271 e. The molecule has 0 radical (unpaired) electrons. The van der Waals surface area contributed by atoms with E-state index in [2.05, 4.69) is 14.9 Å². The molecule has 0 bridgehead atoms. The molecule has 1 aromatic rings.